The summed E-state index contributed by atoms with van der Waals surface area (Å²) < 4.78 is 6.60. The van der Waals surface area contributed by atoms with E-state index in [9.17, 15) is 0 Å². The molecular weight excluding hydrogens is 436 g/mol. The Labute approximate surface area is 225 Å². The molecule has 4 saturated carbocycles. The molecule has 0 saturated heterocycles. The van der Waals surface area contributed by atoms with Gasteiger partial charge in [0.15, 0.2) is 0 Å². The van der Waals surface area contributed by atoms with Crippen LogP contribution in [0.25, 0.3) is 0 Å². The molecule has 0 aliphatic heterocycles. The number of rotatable bonds is 4. The number of hydrogen-bond donors (Lipinski definition) is 0. The molecule has 5 aliphatic carbocycles. The van der Waals surface area contributed by atoms with Gasteiger partial charge in [0.1, 0.15) is 0 Å². The maximum absolute atomic E-state index is 6.60. The van der Waals surface area contributed by atoms with Crippen molar-refractivity contribution in [1.82, 2.24) is 0 Å². The molecule has 0 radical (unpaired) electrons. The van der Waals surface area contributed by atoms with Gasteiger partial charge in [0.05, 0.1) is 6.10 Å². The quantitative estimate of drug-likeness (QED) is 0.352. The Bertz CT molecular complexity index is 879. The molecule has 5 aliphatic rings. The minimum Gasteiger partial charge on any atom is -0.377 e. The first-order valence-corrected chi connectivity index (χ1v) is 15.9. The van der Waals surface area contributed by atoms with Crippen molar-refractivity contribution < 1.29 is 4.74 Å². The highest BCUT2D eigenvalue weighted by Crippen LogP contribution is 2.77. The Balaban J connectivity index is 1.45. The van der Waals surface area contributed by atoms with Crippen LogP contribution in [0.3, 0.4) is 0 Å². The van der Waals surface area contributed by atoms with E-state index in [0.717, 1.165) is 30.3 Å². The van der Waals surface area contributed by atoms with Gasteiger partial charge in [-0.05, 0) is 121 Å². The smallest absolute Gasteiger partial charge is 0.0663 e. The van der Waals surface area contributed by atoms with Crippen molar-refractivity contribution in [3.63, 3.8) is 0 Å². The van der Waals surface area contributed by atoms with Gasteiger partial charge in [-0.3, -0.25) is 0 Å². The summed E-state index contributed by atoms with van der Waals surface area (Å²) >= 11 is 0. The molecule has 3 unspecified atom stereocenters. The van der Waals surface area contributed by atoms with Crippen LogP contribution in [-0.2, 0) is 4.74 Å². The van der Waals surface area contributed by atoms with Crippen LogP contribution < -0.4 is 0 Å². The van der Waals surface area contributed by atoms with Crippen LogP contribution in [-0.4, -0.2) is 12.7 Å². The second-order valence-electron chi connectivity index (χ2n) is 17.3. The van der Waals surface area contributed by atoms with Crippen molar-refractivity contribution in [2.75, 3.05) is 6.61 Å². The Morgan fingerprint density at radius 3 is 2.14 bits per heavy atom. The van der Waals surface area contributed by atoms with Crippen molar-refractivity contribution in [2.24, 2.45) is 56.2 Å². The Morgan fingerprint density at radius 2 is 1.44 bits per heavy atom. The van der Waals surface area contributed by atoms with E-state index in [1.807, 2.05) is 0 Å². The van der Waals surface area contributed by atoms with E-state index in [-0.39, 0.29) is 5.41 Å². The molecule has 36 heavy (non-hydrogen) atoms. The van der Waals surface area contributed by atoms with Crippen molar-refractivity contribution >= 4 is 0 Å². The van der Waals surface area contributed by atoms with Crippen LogP contribution in [0, 0.1) is 56.2 Å². The van der Waals surface area contributed by atoms with Gasteiger partial charge in [-0.15, -0.1) is 0 Å². The van der Waals surface area contributed by atoms with Crippen molar-refractivity contribution in [1.29, 1.82) is 0 Å². The number of allylic oxidation sites excluding steroid dienone is 1. The van der Waals surface area contributed by atoms with E-state index >= 15 is 0 Å². The second kappa shape index (κ2) is 8.60. The lowest BCUT2D eigenvalue weighted by molar-refractivity contribution is -0.231. The fourth-order valence-electron chi connectivity index (χ4n) is 11.2. The first kappa shape index (κ1) is 27.3. The average molecular weight is 497 g/mol. The highest BCUT2D eigenvalue weighted by molar-refractivity contribution is 5.30. The first-order valence-electron chi connectivity index (χ1n) is 15.9. The van der Waals surface area contributed by atoms with Crippen LogP contribution in [0.2, 0.25) is 0 Å². The van der Waals surface area contributed by atoms with Crippen molar-refractivity contribution in [2.45, 2.75) is 146 Å². The molecule has 0 aromatic rings. The third-order valence-corrected chi connectivity index (χ3v) is 14.0. The summed E-state index contributed by atoms with van der Waals surface area (Å²) in [5, 5.41) is 0. The lowest BCUT2D eigenvalue weighted by atomic mass is 9.31. The number of hydrogen-bond acceptors (Lipinski definition) is 1. The largest absolute Gasteiger partial charge is 0.377 e. The molecule has 5 rings (SSSR count). The summed E-state index contributed by atoms with van der Waals surface area (Å²) in [4.78, 5) is 0. The third kappa shape index (κ3) is 3.85. The predicted octanol–water partition coefficient (Wildman–Crippen LogP) is 10.2. The molecule has 0 heterocycles. The van der Waals surface area contributed by atoms with E-state index in [1.165, 1.54) is 70.6 Å². The molecule has 0 aromatic carbocycles. The van der Waals surface area contributed by atoms with Gasteiger partial charge in [-0.1, -0.05) is 80.9 Å². The zero-order chi connectivity index (χ0) is 26.4. The van der Waals surface area contributed by atoms with Crippen LogP contribution in [0.5, 0.6) is 0 Å². The third-order valence-electron chi connectivity index (χ3n) is 14.0. The van der Waals surface area contributed by atoms with Crippen molar-refractivity contribution in [3.05, 3.63) is 11.6 Å². The zero-order valence-electron chi connectivity index (χ0n) is 25.9. The van der Waals surface area contributed by atoms with Crippen molar-refractivity contribution in [3.8, 4) is 0 Å². The Morgan fingerprint density at radius 1 is 0.806 bits per heavy atom. The van der Waals surface area contributed by atoms with E-state index in [0.29, 0.717) is 33.2 Å². The standard InChI is InChI=1S/C35H60O/c1-24(2)15-22-36-29-14-12-26-25(31(29,5)6)11-13-27-33(26,8)19-21-35(10)28-23-30(3,4)16-17-32(28,7)18-20-34(27,35)9/h11,24,26-29H,12-23H2,1-10H3/t26?,27?,28?,29-,32-,33+,34-,35+/m1/s1. The van der Waals surface area contributed by atoms with Crippen LogP contribution in [0.1, 0.15) is 140 Å². The average Bonchev–Trinajstić information content (AvgIpc) is 2.78. The second-order valence-corrected chi connectivity index (χ2v) is 17.3. The fraction of sp³-hybridized carbons (Fsp3) is 0.943. The Hall–Kier alpha value is -0.300. The summed E-state index contributed by atoms with van der Waals surface area (Å²) in [6.45, 7) is 26.7. The zero-order valence-corrected chi connectivity index (χ0v) is 25.9. The van der Waals surface area contributed by atoms with Gasteiger partial charge in [0.25, 0.3) is 0 Å². The van der Waals surface area contributed by atoms with Gasteiger partial charge < -0.3 is 4.74 Å². The molecule has 4 fully saturated rings. The summed E-state index contributed by atoms with van der Waals surface area (Å²) in [6, 6.07) is 0. The molecule has 0 amide bonds. The number of fused-ring (bicyclic) bond motifs is 7. The van der Waals surface area contributed by atoms with E-state index in [4.69, 9.17) is 4.74 Å². The summed E-state index contributed by atoms with van der Waals surface area (Å²) in [5.74, 6) is 3.21. The molecular formula is C35H60O. The summed E-state index contributed by atoms with van der Waals surface area (Å²) in [7, 11) is 0. The molecule has 0 aromatic heterocycles. The van der Waals surface area contributed by atoms with Gasteiger partial charge >= 0.3 is 0 Å². The van der Waals surface area contributed by atoms with Crippen LogP contribution in [0.4, 0.5) is 0 Å². The van der Waals surface area contributed by atoms with Gasteiger partial charge in [-0.25, -0.2) is 0 Å². The molecule has 0 bridgehead atoms. The first-order chi connectivity index (χ1) is 16.6. The maximum Gasteiger partial charge on any atom is 0.0663 e. The maximum atomic E-state index is 6.60. The molecule has 0 N–H and O–H groups in total. The topological polar surface area (TPSA) is 9.23 Å². The normalized spacial score (nSPS) is 49.4. The summed E-state index contributed by atoms with van der Waals surface area (Å²) in [6.07, 6.45) is 18.4. The van der Waals surface area contributed by atoms with E-state index < -0.39 is 0 Å². The molecule has 1 heteroatoms. The SMILES string of the molecule is CC(C)CCO[C@@H]1CCC2C(=CCC3[C@@]2(C)CC[C@@]2(C)C4CC(C)(C)CC[C@]4(C)CC[C@]32C)C1(C)C. The molecule has 206 valence electrons. The van der Waals surface area contributed by atoms with Crippen LogP contribution in [0.15, 0.2) is 11.6 Å². The Kier molecular flexibility index (Phi) is 6.51. The minimum absolute atomic E-state index is 0.175. The number of ether oxygens (including phenoxy) is 1. The molecule has 0 spiro atoms. The highest BCUT2D eigenvalue weighted by atomic mass is 16.5. The fourth-order valence-corrected chi connectivity index (χ4v) is 11.2. The monoisotopic (exact) mass is 496 g/mol. The van der Waals surface area contributed by atoms with Gasteiger partial charge in [0.2, 0.25) is 0 Å². The lowest BCUT2D eigenvalue weighted by Gasteiger charge is -2.73. The van der Waals surface area contributed by atoms with Gasteiger partial charge in [-0.2, -0.15) is 0 Å². The molecule has 1 nitrogen and oxygen atoms in total. The molecule has 8 atom stereocenters. The predicted molar refractivity (Wildman–Crippen MR) is 154 cm³/mol. The van der Waals surface area contributed by atoms with E-state index in [1.54, 1.807) is 5.57 Å². The van der Waals surface area contributed by atoms with E-state index in [2.05, 4.69) is 75.3 Å². The van der Waals surface area contributed by atoms with Crippen LogP contribution >= 0.6 is 0 Å². The minimum atomic E-state index is 0.175. The highest BCUT2D eigenvalue weighted by Gasteiger charge is 2.69. The summed E-state index contributed by atoms with van der Waals surface area (Å²) in [5.41, 5.74) is 4.44. The lowest BCUT2D eigenvalue weighted by Crippen LogP contribution is -2.65. The van der Waals surface area contributed by atoms with Gasteiger partial charge in [0, 0.05) is 12.0 Å².